The van der Waals surface area contributed by atoms with Crippen LogP contribution in [0.1, 0.15) is 24.1 Å². The predicted molar refractivity (Wildman–Crippen MR) is 72.4 cm³/mol. The first-order valence-electron chi connectivity index (χ1n) is 6.03. The summed E-state index contributed by atoms with van der Waals surface area (Å²) in [7, 11) is 0. The highest BCUT2D eigenvalue weighted by Crippen LogP contribution is 2.32. The first-order chi connectivity index (χ1) is 9.77. The average molecular weight is 316 g/mol. The lowest BCUT2D eigenvalue weighted by atomic mass is 10.1. The van der Waals surface area contributed by atoms with Crippen LogP contribution in [0.5, 0.6) is 0 Å². The molecular formula is C14H12F4N2S. The molecule has 0 fully saturated rings. The Kier molecular flexibility index (Phi) is 4.53. The first-order valence-corrected chi connectivity index (χ1v) is 6.85. The van der Waals surface area contributed by atoms with E-state index in [1.807, 2.05) is 0 Å². The standard InChI is InChI=1S/C14H12F4N2S/c1-8(19)9-2-4-12(11(15)6-9)21-13-5-3-10(7-20-13)14(16,17)18/h2-8H,19H2,1H3/t8-/m1/s1. The number of hydrogen-bond acceptors (Lipinski definition) is 3. The molecule has 0 aliphatic carbocycles. The Bertz CT molecular complexity index is 624. The zero-order valence-electron chi connectivity index (χ0n) is 11.0. The molecule has 2 nitrogen and oxygen atoms in total. The SMILES string of the molecule is C[C@@H](N)c1ccc(Sc2ccc(C(F)(F)F)cn2)c(F)c1. The third kappa shape index (κ3) is 3.95. The monoisotopic (exact) mass is 316 g/mol. The quantitative estimate of drug-likeness (QED) is 0.853. The zero-order valence-corrected chi connectivity index (χ0v) is 11.8. The summed E-state index contributed by atoms with van der Waals surface area (Å²) in [4.78, 5) is 3.97. The molecule has 1 heterocycles. The largest absolute Gasteiger partial charge is 0.417 e. The van der Waals surface area contributed by atoms with Crippen molar-refractivity contribution in [3.63, 3.8) is 0 Å². The molecule has 1 aromatic heterocycles. The van der Waals surface area contributed by atoms with E-state index in [0.717, 1.165) is 24.0 Å². The summed E-state index contributed by atoms with van der Waals surface area (Å²) in [6, 6.07) is 6.38. The smallest absolute Gasteiger partial charge is 0.324 e. The molecule has 0 aliphatic heterocycles. The minimum absolute atomic E-state index is 0.284. The third-order valence-corrected chi connectivity index (χ3v) is 3.76. The second-order valence-corrected chi connectivity index (χ2v) is 5.53. The van der Waals surface area contributed by atoms with Gasteiger partial charge in [0, 0.05) is 17.1 Å². The van der Waals surface area contributed by atoms with Gasteiger partial charge in [0.1, 0.15) is 10.8 Å². The molecule has 0 radical (unpaired) electrons. The maximum Gasteiger partial charge on any atom is 0.417 e. The molecule has 2 N–H and O–H groups in total. The van der Waals surface area contributed by atoms with Crippen LogP contribution in [0.2, 0.25) is 0 Å². The van der Waals surface area contributed by atoms with Crippen LogP contribution >= 0.6 is 11.8 Å². The molecule has 0 spiro atoms. The van der Waals surface area contributed by atoms with Gasteiger partial charge in [0.2, 0.25) is 0 Å². The van der Waals surface area contributed by atoms with E-state index in [0.29, 0.717) is 5.56 Å². The van der Waals surface area contributed by atoms with Crippen LogP contribution in [0.3, 0.4) is 0 Å². The fraction of sp³-hybridized carbons (Fsp3) is 0.214. The Morgan fingerprint density at radius 3 is 2.38 bits per heavy atom. The number of hydrogen-bond donors (Lipinski definition) is 1. The Morgan fingerprint density at radius 1 is 1.19 bits per heavy atom. The highest BCUT2D eigenvalue weighted by molar-refractivity contribution is 7.99. The van der Waals surface area contributed by atoms with E-state index in [1.54, 1.807) is 13.0 Å². The van der Waals surface area contributed by atoms with Gasteiger partial charge in [0.05, 0.1) is 5.56 Å². The summed E-state index contributed by atoms with van der Waals surface area (Å²) < 4.78 is 51.1. The lowest BCUT2D eigenvalue weighted by molar-refractivity contribution is -0.137. The van der Waals surface area contributed by atoms with Crippen molar-refractivity contribution in [3.05, 3.63) is 53.5 Å². The normalized spacial score (nSPS) is 13.2. The van der Waals surface area contributed by atoms with E-state index in [4.69, 9.17) is 5.73 Å². The molecule has 0 amide bonds. The van der Waals surface area contributed by atoms with Gasteiger partial charge in [0.15, 0.2) is 0 Å². The highest BCUT2D eigenvalue weighted by Gasteiger charge is 2.30. The van der Waals surface area contributed by atoms with Crippen molar-refractivity contribution in [1.29, 1.82) is 0 Å². The fourth-order valence-corrected chi connectivity index (χ4v) is 2.36. The average Bonchev–Trinajstić information content (AvgIpc) is 2.40. The molecule has 0 saturated heterocycles. The number of nitrogens with zero attached hydrogens (tertiary/aromatic N) is 1. The first kappa shape index (κ1) is 15.8. The molecule has 0 unspecified atom stereocenters. The van der Waals surface area contributed by atoms with Gasteiger partial charge in [-0.15, -0.1) is 0 Å². The third-order valence-electron chi connectivity index (χ3n) is 2.76. The minimum atomic E-state index is -4.43. The molecule has 7 heteroatoms. The van der Waals surface area contributed by atoms with E-state index in [-0.39, 0.29) is 16.0 Å². The second kappa shape index (κ2) is 6.03. The summed E-state index contributed by atoms with van der Waals surface area (Å²) >= 11 is 0.960. The van der Waals surface area contributed by atoms with Crippen molar-refractivity contribution < 1.29 is 17.6 Å². The van der Waals surface area contributed by atoms with Crippen LogP contribution in [-0.2, 0) is 6.18 Å². The van der Waals surface area contributed by atoms with Crippen LogP contribution in [0, 0.1) is 5.82 Å². The Morgan fingerprint density at radius 2 is 1.90 bits per heavy atom. The van der Waals surface area contributed by atoms with E-state index in [9.17, 15) is 17.6 Å². The number of rotatable bonds is 3. The van der Waals surface area contributed by atoms with Crippen molar-refractivity contribution in [2.75, 3.05) is 0 Å². The van der Waals surface area contributed by atoms with Crippen LogP contribution < -0.4 is 5.73 Å². The number of aromatic nitrogens is 1. The van der Waals surface area contributed by atoms with Gasteiger partial charge in [-0.25, -0.2) is 9.37 Å². The fourth-order valence-electron chi connectivity index (χ4n) is 1.60. The van der Waals surface area contributed by atoms with E-state index < -0.39 is 17.6 Å². The molecule has 1 atom stereocenters. The topological polar surface area (TPSA) is 38.9 Å². The Hall–Kier alpha value is -1.60. The molecule has 0 bridgehead atoms. The lowest BCUT2D eigenvalue weighted by Gasteiger charge is -2.09. The summed E-state index contributed by atoms with van der Waals surface area (Å²) in [5.74, 6) is -0.475. The highest BCUT2D eigenvalue weighted by atomic mass is 32.2. The van der Waals surface area contributed by atoms with Gasteiger partial charge in [-0.1, -0.05) is 17.8 Å². The van der Waals surface area contributed by atoms with E-state index >= 15 is 0 Å². The van der Waals surface area contributed by atoms with Gasteiger partial charge in [-0.05, 0) is 36.8 Å². The summed E-state index contributed by atoms with van der Waals surface area (Å²) in [6.45, 7) is 1.74. The van der Waals surface area contributed by atoms with Gasteiger partial charge in [0.25, 0.3) is 0 Å². The maximum atomic E-state index is 13.9. The number of nitrogens with two attached hydrogens (primary N) is 1. The van der Waals surface area contributed by atoms with Crippen LogP contribution in [0.25, 0.3) is 0 Å². The minimum Gasteiger partial charge on any atom is -0.324 e. The molecule has 0 saturated carbocycles. The molecule has 2 rings (SSSR count). The van der Waals surface area contributed by atoms with Crippen LogP contribution in [0.15, 0.2) is 46.5 Å². The van der Waals surface area contributed by atoms with Gasteiger partial charge >= 0.3 is 6.18 Å². The number of benzene rings is 1. The molecule has 0 aliphatic rings. The van der Waals surface area contributed by atoms with Gasteiger partial charge in [-0.2, -0.15) is 13.2 Å². The summed E-state index contributed by atoms with van der Waals surface area (Å²) in [6.07, 6.45) is -3.70. The van der Waals surface area contributed by atoms with E-state index in [2.05, 4.69) is 4.98 Å². The van der Waals surface area contributed by atoms with Crippen LogP contribution in [0.4, 0.5) is 17.6 Å². The molecule has 2 aromatic rings. The van der Waals surface area contributed by atoms with Crippen molar-refractivity contribution in [3.8, 4) is 0 Å². The molecular weight excluding hydrogens is 304 g/mol. The van der Waals surface area contributed by atoms with Crippen molar-refractivity contribution >= 4 is 11.8 Å². The molecule has 21 heavy (non-hydrogen) atoms. The van der Waals surface area contributed by atoms with Gasteiger partial charge < -0.3 is 5.73 Å². The Labute approximate surface area is 123 Å². The summed E-state index contributed by atoms with van der Waals surface area (Å²) in [5.41, 5.74) is 5.47. The summed E-state index contributed by atoms with van der Waals surface area (Å²) in [5, 5.41) is 0.287. The zero-order chi connectivity index (χ0) is 15.6. The number of pyridine rings is 1. The van der Waals surface area contributed by atoms with Crippen molar-refractivity contribution in [2.24, 2.45) is 5.73 Å². The molecule has 112 valence electrons. The predicted octanol–water partition coefficient (Wildman–Crippen LogP) is 4.41. The van der Waals surface area contributed by atoms with Crippen molar-refractivity contribution in [2.45, 2.75) is 29.1 Å². The van der Waals surface area contributed by atoms with Crippen LogP contribution in [-0.4, -0.2) is 4.98 Å². The number of halogens is 4. The maximum absolute atomic E-state index is 13.9. The Balaban J connectivity index is 2.19. The van der Waals surface area contributed by atoms with E-state index in [1.165, 1.54) is 18.2 Å². The second-order valence-electron chi connectivity index (χ2n) is 4.46. The molecule has 1 aromatic carbocycles. The van der Waals surface area contributed by atoms with Gasteiger partial charge in [-0.3, -0.25) is 0 Å². The van der Waals surface area contributed by atoms with Crippen molar-refractivity contribution in [1.82, 2.24) is 4.98 Å². The number of alkyl halides is 3. The lowest BCUT2D eigenvalue weighted by Crippen LogP contribution is -2.05.